The highest BCUT2D eigenvalue weighted by Gasteiger charge is 2.48. The maximum Gasteiger partial charge on any atom is 0.227 e. The van der Waals surface area contributed by atoms with Crippen LogP contribution in [0.5, 0.6) is 0 Å². The van der Waals surface area contributed by atoms with E-state index >= 15 is 0 Å². The molecule has 0 aromatic heterocycles. The van der Waals surface area contributed by atoms with E-state index in [1.54, 1.807) is 0 Å². The smallest absolute Gasteiger partial charge is 0.227 e. The number of carbonyl (C=O) groups is 2. The number of amides is 2. The van der Waals surface area contributed by atoms with Crippen LogP contribution in [-0.2, 0) is 14.0 Å². The average molecular weight is 487 g/mol. The molecule has 0 spiro atoms. The summed E-state index contributed by atoms with van der Waals surface area (Å²) in [5.74, 6) is 0.522. The Morgan fingerprint density at radius 1 is 1.32 bits per heavy atom. The lowest BCUT2D eigenvalue weighted by molar-refractivity contribution is -0.130. The van der Waals surface area contributed by atoms with Crippen molar-refractivity contribution in [3.05, 3.63) is 36.1 Å². The van der Waals surface area contributed by atoms with Crippen LogP contribution >= 0.6 is 0 Å². The zero-order chi connectivity index (χ0) is 25.1. The van der Waals surface area contributed by atoms with E-state index in [-0.39, 0.29) is 40.8 Å². The first kappa shape index (κ1) is 26.9. The Labute approximate surface area is 208 Å². The first-order valence-corrected chi connectivity index (χ1v) is 16.1. The van der Waals surface area contributed by atoms with Gasteiger partial charge in [-0.2, -0.15) is 0 Å². The SMILES string of the molecule is C=CCCC(CCC(N)=O)[C@@H]1C2=C(CC[C@H]1O[Si](C)(C)C(C)(C)C)N1C(=O)CCCC=CC1C2. The van der Waals surface area contributed by atoms with Crippen molar-refractivity contribution in [1.29, 1.82) is 0 Å². The van der Waals surface area contributed by atoms with Crippen LogP contribution in [0.1, 0.15) is 85.0 Å². The molecular formula is C28H46N2O3Si. The maximum atomic E-state index is 13.2. The topological polar surface area (TPSA) is 72.6 Å². The Kier molecular flexibility index (Phi) is 8.67. The quantitative estimate of drug-likeness (QED) is 0.310. The van der Waals surface area contributed by atoms with Gasteiger partial charge in [-0.25, -0.2) is 0 Å². The van der Waals surface area contributed by atoms with E-state index in [1.165, 1.54) is 11.3 Å². The summed E-state index contributed by atoms with van der Waals surface area (Å²) in [6, 6.07) is 0.128. The summed E-state index contributed by atoms with van der Waals surface area (Å²) in [5.41, 5.74) is 8.23. The molecule has 0 saturated heterocycles. The normalized spacial score (nSPS) is 26.6. The van der Waals surface area contributed by atoms with Gasteiger partial charge in [0.05, 0.1) is 12.1 Å². The monoisotopic (exact) mass is 486 g/mol. The molecule has 1 aliphatic carbocycles. The van der Waals surface area contributed by atoms with E-state index in [0.717, 1.165) is 51.4 Å². The maximum absolute atomic E-state index is 13.2. The molecule has 2 heterocycles. The van der Waals surface area contributed by atoms with Crippen molar-refractivity contribution in [2.45, 2.75) is 115 Å². The van der Waals surface area contributed by atoms with Gasteiger partial charge >= 0.3 is 0 Å². The van der Waals surface area contributed by atoms with Crippen molar-refractivity contribution in [1.82, 2.24) is 4.90 Å². The molecule has 0 fully saturated rings. The minimum atomic E-state index is -2.00. The van der Waals surface area contributed by atoms with Crippen LogP contribution in [0.3, 0.4) is 0 Å². The Morgan fingerprint density at radius 3 is 2.71 bits per heavy atom. The number of nitrogens with zero attached hydrogens (tertiary/aromatic N) is 1. The third-order valence-electron chi connectivity index (χ3n) is 8.54. The van der Waals surface area contributed by atoms with Crippen LogP contribution in [-0.4, -0.2) is 37.2 Å². The van der Waals surface area contributed by atoms with Crippen LogP contribution in [0.15, 0.2) is 36.1 Å². The van der Waals surface area contributed by atoms with Crippen molar-refractivity contribution in [2.75, 3.05) is 0 Å². The van der Waals surface area contributed by atoms with Crippen molar-refractivity contribution in [2.24, 2.45) is 17.6 Å². The van der Waals surface area contributed by atoms with Gasteiger partial charge in [-0.15, -0.1) is 6.58 Å². The van der Waals surface area contributed by atoms with Crippen LogP contribution in [0.25, 0.3) is 0 Å². The minimum Gasteiger partial charge on any atom is -0.413 e. The fraction of sp³-hybridized carbons (Fsp3) is 0.714. The molecule has 2 amide bonds. The highest BCUT2D eigenvalue weighted by atomic mass is 28.4. The lowest BCUT2D eigenvalue weighted by Gasteiger charge is -2.46. The van der Waals surface area contributed by atoms with Gasteiger partial charge < -0.3 is 15.1 Å². The molecule has 3 rings (SSSR count). The molecule has 0 aromatic carbocycles. The van der Waals surface area contributed by atoms with Crippen molar-refractivity contribution < 1.29 is 14.0 Å². The zero-order valence-corrected chi connectivity index (χ0v) is 23.1. The Hall–Kier alpha value is -1.66. The van der Waals surface area contributed by atoms with Gasteiger partial charge in [0.2, 0.25) is 11.8 Å². The van der Waals surface area contributed by atoms with Crippen LogP contribution in [0.2, 0.25) is 18.1 Å². The second-order valence-corrected chi connectivity index (χ2v) is 16.7. The summed E-state index contributed by atoms with van der Waals surface area (Å²) in [7, 11) is -2.00. The van der Waals surface area contributed by atoms with Gasteiger partial charge in [-0.05, 0) is 81.0 Å². The van der Waals surface area contributed by atoms with Crippen LogP contribution in [0, 0.1) is 11.8 Å². The van der Waals surface area contributed by atoms with Crippen LogP contribution < -0.4 is 5.73 Å². The molecule has 2 aliphatic heterocycles. The molecule has 6 heteroatoms. The lowest BCUT2D eigenvalue weighted by Crippen LogP contribution is -2.48. The number of rotatable bonds is 9. The first-order chi connectivity index (χ1) is 16.0. The number of allylic oxidation sites excluding steroid dienone is 3. The lowest BCUT2D eigenvalue weighted by atomic mass is 9.71. The van der Waals surface area contributed by atoms with Crippen molar-refractivity contribution in [3.63, 3.8) is 0 Å². The molecule has 0 aromatic rings. The molecule has 0 saturated carbocycles. The Morgan fingerprint density at radius 2 is 2.06 bits per heavy atom. The number of carbonyl (C=O) groups excluding carboxylic acids is 2. The van der Waals surface area contributed by atoms with Crippen molar-refractivity contribution >= 4 is 20.1 Å². The Balaban J connectivity index is 2.02. The summed E-state index contributed by atoms with van der Waals surface area (Å²) in [6.07, 6.45) is 14.8. The summed E-state index contributed by atoms with van der Waals surface area (Å²) >= 11 is 0. The number of fused-ring (bicyclic) bond motifs is 2. The molecule has 3 aliphatic rings. The van der Waals surface area contributed by atoms with E-state index in [1.807, 2.05) is 6.08 Å². The molecule has 0 radical (unpaired) electrons. The predicted molar refractivity (Wildman–Crippen MR) is 141 cm³/mol. The van der Waals surface area contributed by atoms with E-state index in [9.17, 15) is 9.59 Å². The van der Waals surface area contributed by atoms with E-state index in [0.29, 0.717) is 12.8 Å². The zero-order valence-electron chi connectivity index (χ0n) is 22.1. The standard InChI is InChI=1S/C28H46N2O3Si/c1-7-8-12-20(15-18-25(29)31)27-22-19-21-13-10-9-11-14-26(32)30(21)23(22)16-17-24(27)33-34(5,6)28(2,3)4/h7,10,13,20-21,24,27H,1,8-9,11-12,14-19H2,2-6H3,(H2,29,31)/t20?,21?,24-,27-/m1/s1. The van der Waals surface area contributed by atoms with Gasteiger partial charge in [0.15, 0.2) is 8.32 Å². The summed E-state index contributed by atoms with van der Waals surface area (Å²) < 4.78 is 7.10. The van der Waals surface area contributed by atoms with Crippen molar-refractivity contribution in [3.8, 4) is 0 Å². The molecule has 4 atom stereocenters. The Bertz CT molecular complexity index is 839. The third kappa shape index (κ3) is 5.93. The molecule has 2 unspecified atom stereocenters. The molecule has 5 nitrogen and oxygen atoms in total. The van der Waals surface area contributed by atoms with Gasteiger partial charge in [0, 0.05) is 24.5 Å². The first-order valence-electron chi connectivity index (χ1n) is 13.2. The highest BCUT2D eigenvalue weighted by Crippen LogP contribution is 2.50. The van der Waals surface area contributed by atoms with Gasteiger partial charge in [-0.3, -0.25) is 9.59 Å². The van der Waals surface area contributed by atoms with E-state index in [2.05, 4.69) is 57.5 Å². The minimum absolute atomic E-state index is 0.118. The fourth-order valence-corrected chi connectivity index (χ4v) is 7.13. The third-order valence-corrected chi connectivity index (χ3v) is 13.0. The number of hydrogen-bond donors (Lipinski definition) is 1. The second kappa shape index (κ2) is 10.9. The molecule has 0 bridgehead atoms. The van der Waals surface area contributed by atoms with Gasteiger partial charge in [0.25, 0.3) is 0 Å². The highest BCUT2D eigenvalue weighted by molar-refractivity contribution is 6.74. The average Bonchev–Trinajstić information content (AvgIpc) is 3.09. The van der Waals surface area contributed by atoms with E-state index < -0.39 is 8.32 Å². The molecule has 190 valence electrons. The largest absolute Gasteiger partial charge is 0.413 e. The van der Waals surface area contributed by atoms with Crippen LogP contribution in [0.4, 0.5) is 0 Å². The van der Waals surface area contributed by atoms with Gasteiger partial charge in [0.1, 0.15) is 0 Å². The number of primary amides is 1. The fourth-order valence-electron chi connectivity index (χ4n) is 5.75. The van der Waals surface area contributed by atoms with Gasteiger partial charge in [-0.1, -0.05) is 39.0 Å². The number of nitrogens with two attached hydrogens (primary N) is 1. The molecular weight excluding hydrogens is 440 g/mol. The molecule has 34 heavy (non-hydrogen) atoms. The summed E-state index contributed by atoms with van der Waals surface area (Å²) in [4.78, 5) is 27.0. The summed E-state index contributed by atoms with van der Waals surface area (Å²) in [5, 5.41) is 0.123. The van der Waals surface area contributed by atoms with E-state index in [4.69, 9.17) is 10.2 Å². The molecule has 2 N–H and O–H groups in total. The number of hydrogen-bond acceptors (Lipinski definition) is 3. The second-order valence-electron chi connectivity index (χ2n) is 11.9. The predicted octanol–water partition coefficient (Wildman–Crippen LogP) is 6.23. The summed E-state index contributed by atoms with van der Waals surface area (Å²) in [6.45, 7) is 15.5.